The van der Waals surface area contributed by atoms with Gasteiger partial charge in [-0.15, -0.1) is 0 Å². The van der Waals surface area contributed by atoms with Gasteiger partial charge in [0.2, 0.25) is 0 Å². The Balaban J connectivity index is 2.97. The standard InChI is InChI=1S/C11H26N2/c1-4-5-6-7-8-9-10-13(3)11-12-2/h12H,4-11H2,1-3H3. The number of unbranched alkanes of at least 4 members (excludes halogenated alkanes) is 5. The van der Waals surface area contributed by atoms with Crippen LogP contribution in [0.5, 0.6) is 0 Å². The summed E-state index contributed by atoms with van der Waals surface area (Å²) in [4.78, 5) is 2.33. The smallest absolute Gasteiger partial charge is 0.0475 e. The highest BCUT2D eigenvalue weighted by atomic mass is 15.2. The molecule has 0 aliphatic heterocycles. The highest BCUT2D eigenvalue weighted by Crippen LogP contribution is 2.04. The van der Waals surface area contributed by atoms with Crippen LogP contribution in [0.1, 0.15) is 45.4 Å². The number of rotatable bonds is 9. The summed E-state index contributed by atoms with van der Waals surface area (Å²) in [5, 5.41) is 3.15. The second-order valence-corrected chi connectivity index (χ2v) is 3.86. The first-order chi connectivity index (χ1) is 6.31. The fourth-order valence-electron chi connectivity index (χ4n) is 1.51. The molecule has 0 spiro atoms. The average Bonchev–Trinajstić information content (AvgIpc) is 2.11. The van der Waals surface area contributed by atoms with Crippen molar-refractivity contribution in [3.63, 3.8) is 0 Å². The van der Waals surface area contributed by atoms with Crippen LogP contribution in [0, 0.1) is 0 Å². The van der Waals surface area contributed by atoms with Crippen LogP contribution in [0.4, 0.5) is 0 Å². The quantitative estimate of drug-likeness (QED) is 0.439. The molecule has 0 aromatic rings. The van der Waals surface area contributed by atoms with Crippen LogP contribution in [0.15, 0.2) is 0 Å². The van der Waals surface area contributed by atoms with Gasteiger partial charge < -0.3 is 5.32 Å². The third-order valence-electron chi connectivity index (χ3n) is 2.32. The molecule has 0 aromatic carbocycles. The van der Waals surface area contributed by atoms with Gasteiger partial charge in [-0.05, 0) is 27.1 Å². The van der Waals surface area contributed by atoms with E-state index in [1.807, 2.05) is 7.05 Å². The van der Waals surface area contributed by atoms with E-state index in [2.05, 4.69) is 24.2 Å². The van der Waals surface area contributed by atoms with Gasteiger partial charge in [0, 0.05) is 6.67 Å². The molecule has 0 saturated carbocycles. The molecule has 0 unspecified atom stereocenters. The lowest BCUT2D eigenvalue weighted by Gasteiger charge is -2.15. The minimum atomic E-state index is 1.01. The lowest BCUT2D eigenvalue weighted by molar-refractivity contribution is 0.308. The maximum atomic E-state index is 3.15. The lowest BCUT2D eigenvalue weighted by atomic mass is 10.1. The third-order valence-corrected chi connectivity index (χ3v) is 2.32. The molecular formula is C11H26N2. The van der Waals surface area contributed by atoms with E-state index in [9.17, 15) is 0 Å². The molecule has 0 bridgehead atoms. The van der Waals surface area contributed by atoms with Crippen molar-refractivity contribution in [3.05, 3.63) is 0 Å². The first-order valence-electron chi connectivity index (χ1n) is 5.64. The lowest BCUT2D eigenvalue weighted by Crippen LogP contribution is -2.29. The zero-order valence-electron chi connectivity index (χ0n) is 9.60. The van der Waals surface area contributed by atoms with Crippen molar-refractivity contribution in [2.45, 2.75) is 45.4 Å². The third kappa shape index (κ3) is 9.84. The summed E-state index contributed by atoms with van der Waals surface area (Å²) in [6, 6.07) is 0. The van der Waals surface area contributed by atoms with Gasteiger partial charge in [-0.2, -0.15) is 0 Å². The zero-order chi connectivity index (χ0) is 9.94. The Labute approximate surface area is 83.7 Å². The Morgan fingerprint density at radius 1 is 1.00 bits per heavy atom. The molecule has 0 amide bonds. The van der Waals surface area contributed by atoms with Crippen LogP contribution in [0.25, 0.3) is 0 Å². The number of hydrogen-bond acceptors (Lipinski definition) is 2. The van der Waals surface area contributed by atoms with E-state index in [0.717, 1.165) is 6.67 Å². The Kier molecular flexibility index (Phi) is 9.94. The average molecular weight is 186 g/mol. The van der Waals surface area contributed by atoms with Crippen LogP contribution < -0.4 is 5.32 Å². The number of hydrogen-bond donors (Lipinski definition) is 1. The topological polar surface area (TPSA) is 15.3 Å². The SMILES string of the molecule is CCCCCCCCN(C)CNC. The number of nitrogens with one attached hydrogen (secondary N) is 1. The molecule has 0 aliphatic carbocycles. The van der Waals surface area contributed by atoms with Crippen molar-refractivity contribution in [2.24, 2.45) is 0 Å². The molecule has 0 aliphatic rings. The summed E-state index contributed by atoms with van der Waals surface area (Å²) in [5.74, 6) is 0. The molecule has 2 nitrogen and oxygen atoms in total. The van der Waals surface area contributed by atoms with Crippen LogP contribution in [-0.2, 0) is 0 Å². The Morgan fingerprint density at radius 2 is 1.62 bits per heavy atom. The highest BCUT2D eigenvalue weighted by Gasteiger charge is 1.95. The minimum absolute atomic E-state index is 1.01. The molecular weight excluding hydrogens is 160 g/mol. The van der Waals surface area contributed by atoms with E-state index in [1.165, 1.54) is 45.1 Å². The fraction of sp³-hybridized carbons (Fsp3) is 1.00. The summed E-state index contributed by atoms with van der Waals surface area (Å²) in [5.41, 5.74) is 0. The fourth-order valence-corrected chi connectivity index (χ4v) is 1.51. The van der Waals surface area contributed by atoms with Crippen molar-refractivity contribution >= 4 is 0 Å². The molecule has 13 heavy (non-hydrogen) atoms. The molecule has 80 valence electrons. The van der Waals surface area contributed by atoms with Gasteiger partial charge in [-0.25, -0.2) is 0 Å². The summed E-state index contributed by atoms with van der Waals surface area (Å²) in [6.45, 7) is 4.50. The molecule has 0 aromatic heterocycles. The van der Waals surface area contributed by atoms with Gasteiger partial charge in [-0.1, -0.05) is 39.0 Å². The van der Waals surface area contributed by atoms with Crippen LogP contribution in [0.3, 0.4) is 0 Å². The molecule has 0 radical (unpaired) electrons. The molecule has 0 atom stereocenters. The normalized spacial score (nSPS) is 11.1. The van der Waals surface area contributed by atoms with E-state index in [0.29, 0.717) is 0 Å². The van der Waals surface area contributed by atoms with Crippen molar-refractivity contribution in [1.29, 1.82) is 0 Å². The van der Waals surface area contributed by atoms with E-state index in [-0.39, 0.29) is 0 Å². The maximum Gasteiger partial charge on any atom is 0.0475 e. The Hall–Kier alpha value is -0.0800. The van der Waals surface area contributed by atoms with E-state index in [1.54, 1.807) is 0 Å². The van der Waals surface area contributed by atoms with Gasteiger partial charge in [0.1, 0.15) is 0 Å². The van der Waals surface area contributed by atoms with Crippen LogP contribution in [0.2, 0.25) is 0 Å². The van der Waals surface area contributed by atoms with Crippen LogP contribution >= 0.6 is 0 Å². The molecule has 0 rings (SSSR count). The summed E-state index contributed by atoms with van der Waals surface area (Å²) in [7, 11) is 4.17. The van der Waals surface area contributed by atoms with Gasteiger partial charge in [0.25, 0.3) is 0 Å². The Morgan fingerprint density at radius 3 is 2.23 bits per heavy atom. The van der Waals surface area contributed by atoms with E-state index >= 15 is 0 Å². The van der Waals surface area contributed by atoms with Gasteiger partial charge in [0.15, 0.2) is 0 Å². The first kappa shape index (κ1) is 12.9. The van der Waals surface area contributed by atoms with Gasteiger partial charge >= 0.3 is 0 Å². The van der Waals surface area contributed by atoms with Crippen molar-refractivity contribution in [3.8, 4) is 0 Å². The number of nitrogens with zero attached hydrogens (tertiary/aromatic N) is 1. The van der Waals surface area contributed by atoms with Gasteiger partial charge in [0.05, 0.1) is 0 Å². The molecule has 1 N–H and O–H groups in total. The molecule has 0 saturated heterocycles. The zero-order valence-corrected chi connectivity index (χ0v) is 9.60. The predicted octanol–water partition coefficient (Wildman–Crippen LogP) is 2.46. The predicted molar refractivity (Wildman–Crippen MR) is 59.9 cm³/mol. The minimum Gasteiger partial charge on any atom is -0.307 e. The van der Waals surface area contributed by atoms with Crippen molar-refractivity contribution in [2.75, 3.05) is 27.3 Å². The largest absolute Gasteiger partial charge is 0.307 e. The van der Waals surface area contributed by atoms with E-state index in [4.69, 9.17) is 0 Å². The molecule has 0 fully saturated rings. The second kappa shape index (κ2) is 10.0. The van der Waals surface area contributed by atoms with Crippen LogP contribution in [-0.4, -0.2) is 32.2 Å². The van der Waals surface area contributed by atoms with Crippen molar-refractivity contribution < 1.29 is 0 Å². The Bertz CT molecular complexity index is 94.1. The van der Waals surface area contributed by atoms with Gasteiger partial charge in [-0.3, -0.25) is 4.90 Å². The monoisotopic (exact) mass is 186 g/mol. The molecule has 0 heterocycles. The first-order valence-corrected chi connectivity index (χ1v) is 5.64. The van der Waals surface area contributed by atoms with E-state index < -0.39 is 0 Å². The second-order valence-electron chi connectivity index (χ2n) is 3.86. The highest BCUT2D eigenvalue weighted by molar-refractivity contribution is 4.50. The summed E-state index contributed by atoms with van der Waals surface area (Å²) >= 11 is 0. The summed E-state index contributed by atoms with van der Waals surface area (Å²) < 4.78 is 0. The van der Waals surface area contributed by atoms with Crippen molar-refractivity contribution in [1.82, 2.24) is 10.2 Å². The summed E-state index contributed by atoms with van der Waals surface area (Å²) in [6.07, 6.45) is 8.34. The molecule has 2 heteroatoms. The maximum absolute atomic E-state index is 3.15.